The van der Waals surface area contributed by atoms with E-state index in [0.29, 0.717) is 11.8 Å². The minimum absolute atomic E-state index is 0.164. The molecule has 4 nitrogen and oxygen atoms in total. The summed E-state index contributed by atoms with van der Waals surface area (Å²) in [6, 6.07) is -0.164. The van der Waals surface area contributed by atoms with Crippen LogP contribution >= 0.6 is 11.8 Å². The van der Waals surface area contributed by atoms with Gasteiger partial charge in [0.25, 0.3) is 0 Å². The van der Waals surface area contributed by atoms with Crippen LogP contribution in [0.15, 0.2) is 0 Å². The van der Waals surface area contributed by atoms with Crippen LogP contribution in [0.5, 0.6) is 0 Å². The second-order valence-electron chi connectivity index (χ2n) is 4.17. The molecule has 0 saturated carbocycles. The fraction of sp³-hybridized carbons (Fsp3) is 0.909. The third-order valence-electron chi connectivity index (χ3n) is 2.63. The maximum atomic E-state index is 11.4. The molecule has 2 atom stereocenters. The third kappa shape index (κ3) is 5.61. The van der Waals surface area contributed by atoms with E-state index in [-0.39, 0.29) is 6.03 Å². The Morgan fingerprint density at radius 1 is 1.56 bits per heavy atom. The van der Waals surface area contributed by atoms with Crippen LogP contribution < -0.4 is 10.6 Å². The van der Waals surface area contributed by atoms with E-state index in [2.05, 4.69) is 10.6 Å². The zero-order valence-electron chi connectivity index (χ0n) is 9.87. The molecule has 1 saturated heterocycles. The molecule has 0 aliphatic carbocycles. The Hall–Kier alpha value is -0.420. The lowest BCUT2D eigenvalue weighted by atomic mass is 10.2. The van der Waals surface area contributed by atoms with E-state index in [1.165, 1.54) is 18.6 Å². The van der Waals surface area contributed by atoms with Gasteiger partial charge in [0.1, 0.15) is 0 Å². The molecule has 2 amide bonds. The van der Waals surface area contributed by atoms with Crippen molar-refractivity contribution in [2.75, 3.05) is 18.8 Å². The van der Waals surface area contributed by atoms with Gasteiger partial charge in [0.15, 0.2) is 0 Å². The molecular weight excluding hydrogens is 224 g/mol. The van der Waals surface area contributed by atoms with E-state index in [0.717, 1.165) is 19.4 Å². The molecule has 1 fully saturated rings. The molecule has 16 heavy (non-hydrogen) atoms. The molecule has 0 bridgehead atoms. The van der Waals surface area contributed by atoms with Crippen LogP contribution in [0.3, 0.4) is 0 Å². The van der Waals surface area contributed by atoms with E-state index >= 15 is 0 Å². The lowest BCUT2D eigenvalue weighted by Crippen LogP contribution is -2.41. The molecule has 3 N–H and O–H groups in total. The van der Waals surface area contributed by atoms with Crippen molar-refractivity contribution in [1.29, 1.82) is 0 Å². The maximum absolute atomic E-state index is 11.4. The molecule has 94 valence electrons. The molecule has 0 aromatic heterocycles. The minimum Gasteiger partial charge on any atom is -0.391 e. The fourth-order valence-corrected chi connectivity index (χ4v) is 2.92. The summed E-state index contributed by atoms with van der Waals surface area (Å²) in [5.41, 5.74) is 0. The third-order valence-corrected chi connectivity index (χ3v) is 4.03. The Kier molecular flexibility index (Phi) is 6.64. The van der Waals surface area contributed by atoms with E-state index in [1.54, 1.807) is 0 Å². The zero-order valence-corrected chi connectivity index (χ0v) is 10.7. The van der Waals surface area contributed by atoms with Gasteiger partial charge in [0.05, 0.1) is 6.10 Å². The molecular formula is C11H22N2O2S. The average molecular weight is 246 g/mol. The molecule has 1 aliphatic rings. The highest BCUT2D eigenvalue weighted by Gasteiger charge is 2.16. The summed E-state index contributed by atoms with van der Waals surface area (Å²) in [6.07, 6.45) is 3.70. The number of carbonyl (C=O) groups excluding carboxylic acids is 1. The van der Waals surface area contributed by atoms with E-state index < -0.39 is 6.10 Å². The summed E-state index contributed by atoms with van der Waals surface area (Å²) in [4.78, 5) is 11.4. The first-order valence-electron chi connectivity index (χ1n) is 6.03. The van der Waals surface area contributed by atoms with Crippen LogP contribution in [0.1, 0.15) is 32.6 Å². The number of aliphatic hydroxyl groups excluding tert-OH is 1. The number of aliphatic hydroxyl groups is 1. The zero-order chi connectivity index (χ0) is 11.8. The SMILES string of the molecule is CCCC(O)CNC(=O)NCC1CCCS1. The molecule has 0 radical (unpaired) electrons. The van der Waals surface area contributed by atoms with Crippen molar-refractivity contribution in [3.05, 3.63) is 0 Å². The first-order chi connectivity index (χ1) is 7.72. The van der Waals surface area contributed by atoms with Gasteiger partial charge < -0.3 is 15.7 Å². The highest BCUT2D eigenvalue weighted by molar-refractivity contribution is 8.00. The standard InChI is InChI=1S/C11H22N2O2S/c1-2-4-9(14)7-12-11(15)13-8-10-5-3-6-16-10/h9-10,14H,2-8H2,1H3,(H2,12,13,15). The van der Waals surface area contributed by atoms with Crippen LogP contribution in [0.2, 0.25) is 0 Å². The van der Waals surface area contributed by atoms with Gasteiger partial charge >= 0.3 is 6.03 Å². The molecule has 0 aromatic carbocycles. The van der Waals surface area contributed by atoms with Crippen LogP contribution in [0, 0.1) is 0 Å². The summed E-state index contributed by atoms with van der Waals surface area (Å²) in [6.45, 7) is 3.10. The highest BCUT2D eigenvalue weighted by atomic mass is 32.2. The van der Waals surface area contributed by atoms with E-state index in [1.807, 2.05) is 18.7 Å². The Morgan fingerprint density at radius 3 is 3.00 bits per heavy atom. The first-order valence-corrected chi connectivity index (χ1v) is 7.08. The van der Waals surface area contributed by atoms with Crippen LogP contribution in [-0.4, -0.2) is 41.3 Å². The lowest BCUT2D eigenvalue weighted by molar-refractivity contribution is 0.160. The van der Waals surface area contributed by atoms with Crippen LogP contribution in [0.25, 0.3) is 0 Å². The van der Waals surface area contributed by atoms with Gasteiger partial charge in [0, 0.05) is 18.3 Å². The van der Waals surface area contributed by atoms with Crippen molar-refractivity contribution in [3.63, 3.8) is 0 Å². The van der Waals surface area contributed by atoms with Gasteiger partial charge in [-0.1, -0.05) is 13.3 Å². The topological polar surface area (TPSA) is 61.4 Å². The molecule has 1 aliphatic heterocycles. The maximum Gasteiger partial charge on any atom is 0.314 e. The van der Waals surface area contributed by atoms with Gasteiger partial charge in [-0.25, -0.2) is 4.79 Å². The number of nitrogens with one attached hydrogen (secondary N) is 2. The average Bonchev–Trinajstić information content (AvgIpc) is 2.77. The number of amides is 2. The number of carbonyl (C=O) groups is 1. The number of rotatable bonds is 6. The summed E-state index contributed by atoms with van der Waals surface area (Å²) in [5, 5.41) is 15.5. The number of urea groups is 1. The fourth-order valence-electron chi connectivity index (χ4n) is 1.72. The molecule has 2 unspecified atom stereocenters. The van der Waals surface area contributed by atoms with Gasteiger partial charge in [-0.3, -0.25) is 0 Å². The van der Waals surface area contributed by atoms with Crippen molar-refractivity contribution in [2.45, 2.75) is 44.0 Å². The second kappa shape index (κ2) is 7.79. The Morgan fingerprint density at radius 2 is 2.38 bits per heavy atom. The van der Waals surface area contributed by atoms with E-state index in [9.17, 15) is 9.90 Å². The van der Waals surface area contributed by atoms with Gasteiger partial charge in [-0.2, -0.15) is 11.8 Å². The van der Waals surface area contributed by atoms with Crippen LogP contribution in [-0.2, 0) is 0 Å². The molecule has 1 rings (SSSR count). The molecule has 5 heteroatoms. The van der Waals surface area contributed by atoms with Crippen molar-refractivity contribution < 1.29 is 9.90 Å². The summed E-state index contributed by atoms with van der Waals surface area (Å²) < 4.78 is 0. The smallest absolute Gasteiger partial charge is 0.314 e. The quantitative estimate of drug-likeness (QED) is 0.663. The number of hydrogen-bond donors (Lipinski definition) is 3. The molecule has 0 spiro atoms. The monoisotopic (exact) mass is 246 g/mol. The summed E-state index contributed by atoms with van der Waals surface area (Å²) >= 11 is 1.92. The largest absolute Gasteiger partial charge is 0.391 e. The normalized spacial score (nSPS) is 21.8. The summed E-state index contributed by atoms with van der Waals surface area (Å²) in [7, 11) is 0. The van der Waals surface area contributed by atoms with Crippen molar-refractivity contribution in [3.8, 4) is 0 Å². The Bertz CT molecular complexity index is 208. The second-order valence-corrected chi connectivity index (χ2v) is 5.58. The number of thioether (sulfide) groups is 1. The minimum atomic E-state index is -0.420. The Balaban J connectivity index is 2.01. The van der Waals surface area contributed by atoms with Crippen molar-refractivity contribution >= 4 is 17.8 Å². The van der Waals surface area contributed by atoms with Gasteiger partial charge in [0.2, 0.25) is 0 Å². The van der Waals surface area contributed by atoms with Gasteiger partial charge in [-0.05, 0) is 25.0 Å². The van der Waals surface area contributed by atoms with Crippen molar-refractivity contribution in [1.82, 2.24) is 10.6 Å². The Labute approximate surface area is 102 Å². The molecule has 0 aromatic rings. The predicted octanol–water partition coefficient (Wildman–Crippen LogP) is 1.34. The van der Waals surface area contributed by atoms with Gasteiger partial charge in [-0.15, -0.1) is 0 Å². The molecule has 1 heterocycles. The lowest BCUT2D eigenvalue weighted by Gasteiger charge is -2.13. The van der Waals surface area contributed by atoms with Crippen molar-refractivity contribution in [2.24, 2.45) is 0 Å². The summed E-state index contributed by atoms with van der Waals surface area (Å²) in [5.74, 6) is 1.21. The predicted molar refractivity (Wildman–Crippen MR) is 67.8 cm³/mol. The van der Waals surface area contributed by atoms with Crippen LogP contribution in [0.4, 0.5) is 4.79 Å². The highest BCUT2D eigenvalue weighted by Crippen LogP contribution is 2.25. The number of hydrogen-bond acceptors (Lipinski definition) is 3. The first kappa shape index (κ1) is 13.6. The van der Waals surface area contributed by atoms with E-state index in [4.69, 9.17) is 0 Å².